The minimum Gasteiger partial charge on any atom is -0.317 e. The maximum atomic E-state index is 12.0. The minimum atomic E-state index is 0.195. The molecule has 4 heteroatoms. The summed E-state index contributed by atoms with van der Waals surface area (Å²) in [6, 6.07) is 0. The highest BCUT2D eigenvalue weighted by molar-refractivity contribution is 5.97. The van der Waals surface area contributed by atoms with Gasteiger partial charge >= 0.3 is 0 Å². The number of hydrogen-bond acceptors (Lipinski definition) is 3. The van der Waals surface area contributed by atoms with Gasteiger partial charge in [-0.15, -0.1) is 0 Å². The molecule has 0 radical (unpaired) electrons. The number of carbonyl (C=O) groups excluding carboxylic acids is 1. The fourth-order valence-electron chi connectivity index (χ4n) is 1.98. The summed E-state index contributed by atoms with van der Waals surface area (Å²) in [5, 5.41) is 7.40. The van der Waals surface area contributed by atoms with Crippen molar-refractivity contribution in [2.45, 2.75) is 26.3 Å². The molecule has 1 aliphatic heterocycles. The van der Waals surface area contributed by atoms with Crippen LogP contribution in [-0.2, 0) is 6.54 Å². The first-order valence-electron chi connectivity index (χ1n) is 5.58. The number of aryl methyl sites for hydroxylation is 1. The van der Waals surface area contributed by atoms with Crippen molar-refractivity contribution in [3.05, 3.63) is 18.0 Å². The Morgan fingerprint density at radius 3 is 2.93 bits per heavy atom. The molecule has 0 aliphatic carbocycles. The number of carbonyl (C=O) groups is 1. The van der Waals surface area contributed by atoms with E-state index in [-0.39, 0.29) is 11.7 Å². The Hall–Kier alpha value is -1.16. The largest absolute Gasteiger partial charge is 0.317 e. The van der Waals surface area contributed by atoms with Gasteiger partial charge in [0.25, 0.3) is 0 Å². The Labute approximate surface area is 89.7 Å². The molecular weight excluding hydrogens is 190 g/mol. The fraction of sp³-hybridized carbons (Fsp3) is 0.636. The van der Waals surface area contributed by atoms with E-state index in [0.29, 0.717) is 0 Å². The van der Waals surface area contributed by atoms with Gasteiger partial charge in [-0.3, -0.25) is 9.48 Å². The van der Waals surface area contributed by atoms with E-state index in [9.17, 15) is 4.79 Å². The van der Waals surface area contributed by atoms with E-state index in [4.69, 9.17) is 0 Å². The summed E-state index contributed by atoms with van der Waals surface area (Å²) in [4.78, 5) is 12.0. The number of Topliss-reactive ketones (excluding diaryl/α,β-unsaturated/α-hetero) is 1. The van der Waals surface area contributed by atoms with Gasteiger partial charge < -0.3 is 5.32 Å². The molecular formula is C11H17N3O. The van der Waals surface area contributed by atoms with Gasteiger partial charge in [0.1, 0.15) is 0 Å². The van der Waals surface area contributed by atoms with Crippen LogP contribution in [-0.4, -0.2) is 28.7 Å². The van der Waals surface area contributed by atoms with E-state index in [0.717, 1.165) is 38.0 Å². The van der Waals surface area contributed by atoms with Crippen LogP contribution in [0.1, 0.15) is 30.1 Å². The first-order chi connectivity index (χ1) is 7.31. The van der Waals surface area contributed by atoms with Gasteiger partial charge in [-0.2, -0.15) is 5.10 Å². The van der Waals surface area contributed by atoms with E-state index < -0.39 is 0 Å². The van der Waals surface area contributed by atoms with Crippen LogP contribution in [0.5, 0.6) is 0 Å². The molecule has 4 nitrogen and oxygen atoms in total. The summed E-state index contributed by atoms with van der Waals surface area (Å²) in [5.74, 6) is 0.456. The van der Waals surface area contributed by atoms with Crippen LogP contribution in [0.15, 0.2) is 12.4 Å². The second-order valence-corrected chi connectivity index (χ2v) is 3.97. The Kier molecular flexibility index (Phi) is 3.16. The average molecular weight is 207 g/mol. The maximum absolute atomic E-state index is 12.0. The highest BCUT2D eigenvalue weighted by Gasteiger charge is 2.22. The number of hydrogen-bond donors (Lipinski definition) is 1. The second-order valence-electron chi connectivity index (χ2n) is 3.97. The molecule has 0 saturated carbocycles. The van der Waals surface area contributed by atoms with E-state index >= 15 is 0 Å². The van der Waals surface area contributed by atoms with Gasteiger partial charge in [0, 0.05) is 18.7 Å². The lowest BCUT2D eigenvalue weighted by Crippen LogP contribution is -2.31. The lowest BCUT2D eigenvalue weighted by molar-refractivity contribution is 0.0895. The Balaban J connectivity index is 2.05. The zero-order valence-electron chi connectivity index (χ0n) is 9.07. The van der Waals surface area contributed by atoms with Crippen molar-refractivity contribution in [2.24, 2.45) is 5.92 Å². The summed E-state index contributed by atoms with van der Waals surface area (Å²) in [6.45, 7) is 4.75. The van der Waals surface area contributed by atoms with Crippen LogP contribution < -0.4 is 5.32 Å². The van der Waals surface area contributed by atoms with Crippen molar-refractivity contribution in [3.8, 4) is 0 Å². The standard InChI is InChI=1S/C11H17N3O/c1-2-14-8-10(7-13-14)11(15)9-3-5-12-6-4-9/h7-9,12H,2-6H2,1H3. The van der Waals surface area contributed by atoms with Gasteiger partial charge in [0.15, 0.2) is 5.78 Å². The number of nitrogens with zero attached hydrogens (tertiary/aromatic N) is 2. The zero-order valence-corrected chi connectivity index (χ0v) is 9.07. The Bertz CT molecular complexity index is 339. The van der Waals surface area contributed by atoms with Crippen molar-refractivity contribution >= 4 is 5.78 Å². The third-order valence-corrected chi connectivity index (χ3v) is 2.95. The van der Waals surface area contributed by atoms with Gasteiger partial charge in [0.2, 0.25) is 0 Å². The van der Waals surface area contributed by atoms with Gasteiger partial charge in [-0.1, -0.05) is 0 Å². The summed E-state index contributed by atoms with van der Waals surface area (Å²) in [5.41, 5.74) is 0.767. The number of piperidine rings is 1. The number of aromatic nitrogens is 2. The van der Waals surface area contributed by atoms with Crippen LogP contribution in [0.2, 0.25) is 0 Å². The number of rotatable bonds is 3. The predicted molar refractivity (Wildman–Crippen MR) is 57.8 cm³/mol. The molecule has 0 spiro atoms. The summed E-state index contributed by atoms with van der Waals surface area (Å²) in [6.07, 6.45) is 5.45. The summed E-state index contributed by atoms with van der Waals surface area (Å²) in [7, 11) is 0. The number of ketones is 1. The molecule has 0 atom stereocenters. The van der Waals surface area contributed by atoms with Crippen molar-refractivity contribution in [3.63, 3.8) is 0 Å². The van der Waals surface area contributed by atoms with E-state index in [1.165, 1.54) is 0 Å². The van der Waals surface area contributed by atoms with Gasteiger partial charge in [0.05, 0.1) is 11.8 Å². The molecule has 1 aromatic rings. The first-order valence-corrected chi connectivity index (χ1v) is 5.58. The molecule has 1 aliphatic rings. The highest BCUT2D eigenvalue weighted by Crippen LogP contribution is 2.17. The minimum absolute atomic E-state index is 0.195. The normalized spacial score (nSPS) is 17.9. The van der Waals surface area contributed by atoms with Crippen molar-refractivity contribution in [2.75, 3.05) is 13.1 Å². The Morgan fingerprint density at radius 1 is 1.60 bits per heavy atom. The van der Waals surface area contributed by atoms with Crippen LogP contribution in [0.3, 0.4) is 0 Å². The topological polar surface area (TPSA) is 46.9 Å². The van der Waals surface area contributed by atoms with Gasteiger partial charge in [-0.05, 0) is 32.9 Å². The van der Waals surface area contributed by atoms with E-state index in [1.807, 2.05) is 13.1 Å². The van der Waals surface area contributed by atoms with Crippen LogP contribution >= 0.6 is 0 Å². The molecule has 1 saturated heterocycles. The molecule has 2 heterocycles. The van der Waals surface area contributed by atoms with E-state index in [1.54, 1.807) is 10.9 Å². The van der Waals surface area contributed by atoms with Gasteiger partial charge in [-0.25, -0.2) is 0 Å². The van der Waals surface area contributed by atoms with Crippen LogP contribution in [0, 0.1) is 5.92 Å². The molecule has 0 bridgehead atoms. The third kappa shape index (κ3) is 2.26. The molecule has 1 N–H and O–H groups in total. The van der Waals surface area contributed by atoms with Crippen LogP contribution in [0.4, 0.5) is 0 Å². The molecule has 2 rings (SSSR count). The second kappa shape index (κ2) is 4.57. The molecule has 1 aromatic heterocycles. The number of nitrogens with one attached hydrogen (secondary N) is 1. The predicted octanol–water partition coefficient (Wildman–Crippen LogP) is 1.09. The molecule has 82 valence electrons. The summed E-state index contributed by atoms with van der Waals surface area (Å²) >= 11 is 0. The summed E-state index contributed by atoms with van der Waals surface area (Å²) < 4.78 is 1.80. The van der Waals surface area contributed by atoms with E-state index in [2.05, 4.69) is 10.4 Å². The smallest absolute Gasteiger partial charge is 0.169 e. The molecule has 1 fully saturated rings. The molecule has 15 heavy (non-hydrogen) atoms. The van der Waals surface area contributed by atoms with Crippen molar-refractivity contribution in [1.29, 1.82) is 0 Å². The quantitative estimate of drug-likeness (QED) is 0.755. The molecule has 0 unspecified atom stereocenters. The molecule has 0 amide bonds. The molecule has 0 aromatic carbocycles. The monoisotopic (exact) mass is 207 g/mol. The SMILES string of the molecule is CCn1cc(C(=O)C2CCNCC2)cn1. The Morgan fingerprint density at radius 2 is 2.33 bits per heavy atom. The lowest BCUT2D eigenvalue weighted by Gasteiger charge is -2.20. The fourth-order valence-corrected chi connectivity index (χ4v) is 1.98. The van der Waals surface area contributed by atoms with Crippen molar-refractivity contribution in [1.82, 2.24) is 15.1 Å². The highest BCUT2D eigenvalue weighted by atomic mass is 16.1. The van der Waals surface area contributed by atoms with Crippen molar-refractivity contribution < 1.29 is 4.79 Å². The third-order valence-electron chi connectivity index (χ3n) is 2.95. The van der Waals surface area contributed by atoms with Crippen LogP contribution in [0.25, 0.3) is 0 Å². The zero-order chi connectivity index (χ0) is 10.7. The maximum Gasteiger partial charge on any atom is 0.169 e. The lowest BCUT2D eigenvalue weighted by atomic mass is 9.91. The first kappa shape index (κ1) is 10.4. The average Bonchev–Trinajstić information content (AvgIpc) is 2.78.